The van der Waals surface area contributed by atoms with Gasteiger partial charge < -0.3 is 10.4 Å². The topological polar surface area (TPSA) is 69.6 Å². The van der Waals surface area contributed by atoms with E-state index in [1.165, 1.54) is 24.8 Å². The third kappa shape index (κ3) is 10.6. The fourth-order valence-corrected chi connectivity index (χ4v) is 5.64. The van der Waals surface area contributed by atoms with Crippen molar-refractivity contribution in [1.29, 1.82) is 0 Å². The van der Waals surface area contributed by atoms with E-state index in [0.717, 1.165) is 41.8 Å². The van der Waals surface area contributed by atoms with E-state index in [0.29, 0.717) is 23.8 Å². The number of likely N-dealkylation sites (tertiary alicyclic amines) is 1. The highest BCUT2D eigenvalue weighted by atomic mass is 32.2. The summed E-state index contributed by atoms with van der Waals surface area (Å²) in [4.78, 5) is 27.7. The number of hydrogen-bond donors (Lipinski definition) is 2. The molecule has 0 bridgehead atoms. The standard InChI is InChI=1S/C31H36N2O3S.C3H8.C2H6/c1-22-9-6-7-13-26(22)28-20-24(14-15-27(28)30(34)32-29(31(35)36)16-18-37-2)21-33-17-8-12-25(33)19-23-10-4-3-5-11-23;1-3-2;1-2/h3-7,9-11,13-15,20,25,29H,8,12,16-19,21H2,1-2H3,(H,32,34)(H,35,36);3H2,1-2H3;1-2H3. The number of carbonyl (C=O) groups excluding carboxylic acids is 1. The Bertz CT molecular complexity index is 1230. The van der Waals surface area contributed by atoms with Crippen molar-refractivity contribution < 1.29 is 14.7 Å². The van der Waals surface area contributed by atoms with Gasteiger partial charge in [-0.25, -0.2) is 4.79 Å². The van der Waals surface area contributed by atoms with Gasteiger partial charge in [0.1, 0.15) is 6.04 Å². The number of nitrogens with zero attached hydrogens (tertiary/aromatic N) is 1. The number of nitrogens with one attached hydrogen (secondary N) is 1. The first-order chi connectivity index (χ1) is 20.4. The molecule has 5 nitrogen and oxygen atoms in total. The highest BCUT2D eigenvalue weighted by Crippen LogP contribution is 2.30. The van der Waals surface area contributed by atoms with Crippen molar-refractivity contribution in [3.05, 3.63) is 95.1 Å². The molecule has 42 heavy (non-hydrogen) atoms. The van der Waals surface area contributed by atoms with Crippen LogP contribution in [0.25, 0.3) is 11.1 Å². The molecule has 228 valence electrons. The summed E-state index contributed by atoms with van der Waals surface area (Å²) in [7, 11) is 0. The molecule has 0 saturated carbocycles. The molecule has 3 aromatic rings. The van der Waals surface area contributed by atoms with E-state index in [2.05, 4.69) is 60.5 Å². The Morgan fingerprint density at radius 1 is 0.976 bits per heavy atom. The summed E-state index contributed by atoms with van der Waals surface area (Å²) >= 11 is 1.57. The molecule has 1 aliphatic heterocycles. The summed E-state index contributed by atoms with van der Waals surface area (Å²) < 4.78 is 0. The Kier molecular flexibility index (Phi) is 16.0. The first-order valence-electron chi connectivity index (χ1n) is 15.4. The van der Waals surface area contributed by atoms with Gasteiger partial charge in [0.25, 0.3) is 5.91 Å². The van der Waals surface area contributed by atoms with E-state index in [1.54, 1.807) is 11.8 Å². The van der Waals surface area contributed by atoms with E-state index in [4.69, 9.17) is 0 Å². The van der Waals surface area contributed by atoms with Crippen molar-refractivity contribution in [1.82, 2.24) is 10.2 Å². The van der Waals surface area contributed by atoms with E-state index >= 15 is 0 Å². The lowest BCUT2D eigenvalue weighted by molar-refractivity contribution is -0.139. The molecule has 2 N–H and O–H groups in total. The van der Waals surface area contributed by atoms with Crippen LogP contribution in [-0.2, 0) is 17.8 Å². The van der Waals surface area contributed by atoms with Crippen LogP contribution in [0.4, 0.5) is 0 Å². The van der Waals surface area contributed by atoms with Gasteiger partial charge in [-0.05, 0) is 91.1 Å². The SMILES string of the molecule is CC.CCC.CSCCC(NC(=O)c1ccc(CN2CCCC2Cc2ccccc2)cc1-c1ccccc1C)C(=O)O. The molecule has 1 saturated heterocycles. The third-order valence-electron chi connectivity index (χ3n) is 7.18. The predicted molar refractivity (Wildman–Crippen MR) is 179 cm³/mol. The van der Waals surface area contributed by atoms with Gasteiger partial charge in [-0.3, -0.25) is 9.69 Å². The minimum Gasteiger partial charge on any atom is -0.480 e. The summed E-state index contributed by atoms with van der Waals surface area (Å²) in [6.45, 7) is 12.2. The van der Waals surface area contributed by atoms with Crippen LogP contribution in [0, 0.1) is 6.92 Å². The number of rotatable bonds is 11. The Labute approximate surface area is 258 Å². The van der Waals surface area contributed by atoms with Crippen molar-refractivity contribution >= 4 is 23.6 Å². The first-order valence-corrected chi connectivity index (χ1v) is 16.8. The Balaban J connectivity index is 0.00000116. The second-order valence-corrected chi connectivity index (χ2v) is 11.5. The Morgan fingerprint density at radius 2 is 1.64 bits per heavy atom. The first kappa shape index (κ1) is 35.1. The second-order valence-electron chi connectivity index (χ2n) is 10.5. The lowest BCUT2D eigenvalue weighted by Gasteiger charge is -2.25. The minimum absolute atomic E-state index is 0.346. The molecule has 1 amide bonds. The van der Waals surface area contributed by atoms with Gasteiger partial charge in [0, 0.05) is 18.2 Å². The molecule has 4 rings (SSSR count). The molecule has 2 atom stereocenters. The normalized spacial score (nSPS) is 15.0. The van der Waals surface area contributed by atoms with Crippen LogP contribution >= 0.6 is 11.8 Å². The minimum atomic E-state index is -1.00. The number of benzene rings is 3. The van der Waals surface area contributed by atoms with E-state index in [9.17, 15) is 14.7 Å². The van der Waals surface area contributed by atoms with Crippen LogP contribution in [-0.4, -0.2) is 52.5 Å². The van der Waals surface area contributed by atoms with Gasteiger partial charge in [-0.15, -0.1) is 0 Å². The van der Waals surface area contributed by atoms with Gasteiger partial charge >= 0.3 is 5.97 Å². The lowest BCUT2D eigenvalue weighted by atomic mass is 9.93. The zero-order chi connectivity index (χ0) is 30.9. The molecule has 2 unspecified atom stereocenters. The van der Waals surface area contributed by atoms with Crippen LogP contribution in [0.5, 0.6) is 0 Å². The maximum atomic E-state index is 13.3. The number of hydrogen-bond acceptors (Lipinski definition) is 4. The molecule has 0 aromatic heterocycles. The maximum absolute atomic E-state index is 13.3. The highest BCUT2D eigenvalue weighted by molar-refractivity contribution is 7.98. The van der Waals surface area contributed by atoms with Crippen molar-refractivity contribution in [2.75, 3.05) is 18.6 Å². The van der Waals surface area contributed by atoms with Crippen molar-refractivity contribution in [2.45, 2.75) is 85.4 Å². The van der Waals surface area contributed by atoms with Crippen LogP contribution in [0.15, 0.2) is 72.8 Å². The summed E-state index contributed by atoms with van der Waals surface area (Å²) in [6, 6.07) is 24.3. The number of carbonyl (C=O) groups is 2. The van der Waals surface area contributed by atoms with Gasteiger partial charge in [-0.1, -0.05) is 94.8 Å². The number of carboxylic acids is 1. The number of amides is 1. The van der Waals surface area contributed by atoms with Gasteiger partial charge in [-0.2, -0.15) is 11.8 Å². The summed E-state index contributed by atoms with van der Waals surface area (Å²) in [5.74, 6) is -0.683. The van der Waals surface area contributed by atoms with Crippen LogP contribution in [0.1, 0.15) is 80.4 Å². The third-order valence-corrected chi connectivity index (χ3v) is 7.82. The summed E-state index contributed by atoms with van der Waals surface area (Å²) in [6.07, 6.45) is 6.98. The molecule has 0 radical (unpaired) electrons. The molecular weight excluding hydrogens is 540 g/mol. The molecular formula is C36H50N2O3S. The van der Waals surface area contributed by atoms with E-state index in [-0.39, 0.29) is 5.91 Å². The highest BCUT2D eigenvalue weighted by Gasteiger charge is 2.26. The quantitative estimate of drug-likeness (QED) is 0.235. The molecule has 1 fully saturated rings. The van der Waals surface area contributed by atoms with Crippen LogP contribution in [0.3, 0.4) is 0 Å². The van der Waals surface area contributed by atoms with Crippen molar-refractivity contribution in [3.8, 4) is 11.1 Å². The molecule has 3 aromatic carbocycles. The van der Waals surface area contributed by atoms with E-state index in [1.807, 2.05) is 63.4 Å². The average molecular weight is 591 g/mol. The zero-order valence-corrected chi connectivity index (χ0v) is 27.2. The monoisotopic (exact) mass is 590 g/mol. The number of carboxylic acid groups (broad SMARTS) is 1. The van der Waals surface area contributed by atoms with Gasteiger partial charge in [0.2, 0.25) is 0 Å². The summed E-state index contributed by atoms with van der Waals surface area (Å²) in [5.41, 5.74) is 5.95. The fraction of sp³-hybridized carbons (Fsp3) is 0.444. The van der Waals surface area contributed by atoms with Crippen LogP contribution in [0.2, 0.25) is 0 Å². The molecule has 0 aliphatic carbocycles. The summed E-state index contributed by atoms with van der Waals surface area (Å²) in [5, 5.41) is 12.4. The predicted octanol–water partition coefficient (Wildman–Crippen LogP) is 8.25. The zero-order valence-electron chi connectivity index (χ0n) is 26.4. The largest absolute Gasteiger partial charge is 0.480 e. The van der Waals surface area contributed by atoms with Crippen molar-refractivity contribution in [3.63, 3.8) is 0 Å². The number of aryl methyl sites for hydroxylation is 1. The fourth-order valence-electron chi connectivity index (χ4n) is 5.17. The van der Waals surface area contributed by atoms with Crippen molar-refractivity contribution in [2.24, 2.45) is 0 Å². The smallest absolute Gasteiger partial charge is 0.326 e. The maximum Gasteiger partial charge on any atom is 0.326 e. The van der Waals surface area contributed by atoms with Crippen LogP contribution < -0.4 is 5.32 Å². The second kappa shape index (κ2) is 19.2. The lowest BCUT2D eigenvalue weighted by Crippen LogP contribution is -2.41. The number of aliphatic carboxylic acids is 1. The Hall–Kier alpha value is -3.09. The molecule has 6 heteroatoms. The molecule has 1 aliphatic rings. The average Bonchev–Trinajstić information content (AvgIpc) is 3.43. The van der Waals surface area contributed by atoms with Gasteiger partial charge in [0.15, 0.2) is 0 Å². The molecule has 0 spiro atoms. The number of thioether (sulfide) groups is 1. The molecule has 1 heterocycles. The Morgan fingerprint density at radius 3 is 2.29 bits per heavy atom. The van der Waals surface area contributed by atoms with Gasteiger partial charge in [0.05, 0.1) is 0 Å². The van der Waals surface area contributed by atoms with E-state index < -0.39 is 12.0 Å².